The lowest BCUT2D eigenvalue weighted by molar-refractivity contribution is -0.137. The lowest BCUT2D eigenvalue weighted by atomic mass is 10.0. The zero-order valence-corrected chi connectivity index (χ0v) is 10.1. The van der Waals surface area contributed by atoms with E-state index < -0.39 is 5.97 Å². The van der Waals surface area contributed by atoms with Gasteiger partial charge < -0.3 is 5.11 Å². The number of hydrogen-bond acceptors (Lipinski definition) is 2. The van der Waals surface area contributed by atoms with E-state index in [1.165, 1.54) is 0 Å². The van der Waals surface area contributed by atoms with Crippen LogP contribution in [0.1, 0.15) is 24.8 Å². The Morgan fingerprint density at radius 2 is 2.00 bits per heavy atom. The summed E-state index contributed by atoms with van der Waals surface area (Å²) in [4.78, 5) is 10.4. The van der Waals surface area contributed by atoms with Gasteiger partial charge in [-0.25, -0.2) is 0 Å². The smallest absolute Gasteiger partial charge is 0.303 e. The topological polar surface area (TPSA) is 66.0 Å². The first-order valence-electron chi connectivity index (χ1n) is 6.07. The molecule has 0 saturated heterocycles. The van der Waals surface area contributed by atoms with Crippen LogP contribution in [0.4, 0.5) is 0 Å². The molecule has 2 aromatic rings. The van der Waals surface area contributed by atoms with Crippen molar-refractivity contribution >= 4 is 5.97 Å². The number of hydrogen-bond donors (Lipinski definition) is 2. The number of aliphatic carboxylic acids is 1. The first-order chi connectivity index (χ1) is 8.77. The Morgan fingerprint density at radius 1 is 1.22 bits per heavy atom. The highest BCUT2D eigenvalue weighted by molar-refractivity contribution is 5.66. The summed E-state index contributed by atoms with van der Waals surface area (Å²) in [7, 11) is 0. The molecule has 0 atom stereocenters. The Hall–Kier alpha value is -2.10. The van der Waals surface area contributed by atoms with E-state index in [2.05, 4.69) is 10.2 Å². The molecule has 0 fully saturated rings. The normalized spacial score (nSPS) is 10.4. The number of carbonyl (C=O) groups is 1. The quantitative estimate of drug-likeness (QED) is 0.768. The van der Waals surface area contributed by atoms with Crippen molar-refractivity contribution in [2.75, 3.05) is 0 Å². The zero-order valence-electron chi connectivity index (χ0n) is 10.1. The molecule has 0 spiro atoms. The van der Waals surface area contributed by atoms with Crippen LogP contribution in [0.15, 0.2) is 36.5 Å². The molecular weight excluding hydrogens is 228 g/mol. The van der Waals surface area contributed by atoms with E-state index in [0.29, 0.717) is 6.42 Å². The van der Waals surface area contributed by atoms with Gasteiger partial charge in [0.2, 0.25) is 0 Å². The Morgan fingerprint density at radius 3 is 2.72 bits per heavy atom. The van der Waals surface area contributed by atoms with Gasteiger partial charge in [-0.3, -0.25) is 9.89 Å². The Labute approximate surface area is 106 Å². The van der Waals surface area contributed by atoms with Crippen LogP contribution in [0.2, 0.25) is 0 Å². The predicted octanol–water partition coefficient (Wildman–Crippen LogP) is 2.87. The van der Waals surface area contributed by atoms with E-state index >= 15 is 0 Å². The van der Waals surface area contributed by atoms with Gasteiger partial charge in [0.25, 0.3) is 0 Å². The van der Waals surface area contributed by atoms with Crippen LogP contribution in [0, 0.1) is 0 Å². The van der Waals surface area contributed by atoms with Crippen LogP contribution >= 0.6 is 0 Å². The number of H-pyrrole nitrogens is 1. The summed E-state index contributed by atoms with van der Waals surface area (Å²) in [6.45, 7) is 0. The molecule has 94 valence electrons. The lowest BCUT2D eigenvalue weighted by Crippen LogP contribution is -1.95. The summed E-state index contributed by atoms with van der Waals surface area (Å²) in [5.41, 5.74) is 3.29. The van der Waals surface area contributed by atoms with Crippen LogP contribution in [0.5, 0.6) is 0 Å². The average Bonchev–Trinajstić information content (AvgIpc) is 2.84. The van der Waals surface area contributed by atoms with Crippen molar-refractivity contribution in [3.63, 3.8) is 0 Å². The van der Waals surface area contributed by atoms with E-state index in [-0.39, 0.29) is 6.42 Å². The third kappa shape index (κ3) is 3.20. The first-order valence-corrected chi connectivity index (χ1v) is 6.07. The number of rotatable bonds is 6. The second-order valence-electron chi connectivity index (χ2n) is 4.24. The Kier molecular flexibility index (Phi) is 4.12. The predicted molar refractivity (Wildman–Crippen MR) is 69.2 cm³/mol. The van der Waals surface area contributed by atoms with E-state index in [9.17, 15) is 4.79 Å². The van der Waals surface area contributed by atoms with Gasteiger partial charge in [-0.2, -0.15) is 5.10 Å². The molecule has 0 aliphatic heterocycles. The minimum absolute atomic E-state index is 0.235. The largest absolute Gasteiger partial charge is 0.481 e. The molecule has 0 bridgehead atoms. The number of aromatic nitrogens is 2. The van der Waals surface area contributed by atoms with Gasteiger partial charge in [-0.1, -0.05) is 30.3 Å². The fourth-order valence-corrected chi connectivity index (χ4v) is 1.95. The van der Waals surface area contributed by atoms with E-state index in [4.69, 9.17) is 5.11 Å². The van der Waals surface area contributed by atoms with Gasteiger partial charge >= 0.3 is 5.97 Å². The third-order valence-corrected chi connectivity index (χ3v) is 2.87. The molecule has 0 unspecified atom stereocenters. The number of nitrogens with one attached hydrogen (secondary N) is 1. The molecule has 18 heavy (non-hydrogen) atoms. The first kappa shape index (κ1) is 12.4. The molecular formula is C14H16N2O2. The standard InChI is InChI=1S/C14H16N2O2/c17-13(18)9-5-4-8-12-10-15-16-14(12)11-6-2-1-3-7-11/h1-3,6-7,10H,4-5,8-9H2,(H,15,16)(H,17,18). The van der Waals surface area contributed by atoms with Crippen LogP contribution < -0.4 is 0 Å². The molecule has 0 radical (unpaired) electrons. The SMILES string of the molecule is O=C(O)CCCCc1cn[nH]c1-c1ccccc1. The highest BCUT2D eigenvalue weighted by Crippen LogP contribution is 2.22. The molecule has 0 amide bonds. The monoisotopic (exact) mass is 244 g/mol. The molecule has 2 N–H and O–H groups in total. The van der Waals surface area contributed by atoms with E-state index in [0.717, 1.165) is 29.7 Å². The van der Waals surface area contributed by atoms with Crippen molar-refractivity contribution in [1.29, 1.82) is 0 Å². The lowest BCUT2D eigenvalue weighted by Gasteiger charge is -2.02. The van der Waals surface area contributed by atoms with Gasteiger partial charge in [0.15, 0.2) is 0 Å². The summed E-state index contributed by atoms with van der Waals surface area (Å²) in [5, 5.41) is 15.7. The number of aromatic amines is 1. The van der Waals surface area contributed by atoms with Crippen LogP contribution in [0.25, 0.3) is 11.3 Å². The summed E-state index contributed by atoms with van der Waals surface area (Å²) in [6.07, 6.45) is 4.48. The van der Waals surface area contributed by atoms with E-state index in [1.54, 1.807) is 0 Å². The molecule has 1 aromatic heterocycles. The van der Waals surface area contributed by atoms with Crippen molar-refractivity contribution < 1.29 is 9.90 Å². The van der Waals surface area contributed by atoms with Crippen LogP contribution in [-0.2, 0) is 11.2 Å². The number of carboxylic acid groups (broad SMARTS) is 1. The van der Waals surface area contributed by atoms with Crippen molar-refractivity contribution in [3.8, 4) is 11.3 Å². The van der Waals surface area contributed by atoms with Crippen molar-refractivity contribution in [2.24, 2.45) is 0 Å². The van der Waals surface area contributed by atoms with E-state index in [1.807, 2.05) is 36.5 Å². The Balaban J connectivity index is 1.98. The average molecular weight is 244 g/mol. The maximum atomic E-state index is 10.4. The fraction of sp³-hybridized carbons (Fsp3) is 0.286. The minimum atomic E-state index is -0.731. The summed E-state index contributed by atoms with van der Waals surface area (Å²) in [5.74, 6) is -0.731. The van der Waals surface area contributed by atoms with Crippen molar-refractivity contribution in [3.05, 3.63) is 42.1 Å². The second-order valence-corrected chi connectivity index (χ2v) is 4.24. The summed E-state index contributed by atoms with van der Waals surface area (Å²) in [6, 6.07) is 10.0. The number of aryl methyl sites for hydroxylation is 1. The summed E-state index contributed by atoms with van der Waals surface area (Å²) >= 11 is 0. The summed E-state index contributed by atoms with van der Waals surface area (Å²) < 4.78 is 0. The zero-order chi connectivity index (χ0) is 12.8. The van der Waals surface area contributed by atoms with Crippen molar-refractivity contribution in [2.45, 2.75) is 25.7 Å². The van der Waals surface area contributed by atoms with Gasteiger partial charge in [0.05, 0.1) is 11.9 Å². The Bertz CT molecular complexity index is 506. The maximum Gasteiger partial charge on any atom is 0.303 e. The fourth-order valence-electron chi connectivity index (χ4n) is 1.95. The van der Waals surface area contributed by atoms with Crippen LogP contribution in [-0.4, -0.2) is 21.3 Å². The number of unbranched alkanes of at least 4 members (excludes halogenated alkanes) is 1. The highest BCUT2D eigenvalue weighted by atomic mass is 16.4. The molecule has 4 nitrogen and oxygen atoms in total. The molecule has 1 aromatic carbocycles. The molecule has 0 saturated carbocycles. The number of nitrogens with zero attached hydrogens (tertiary/aromatic N) is 1. The van der Waals surface area contributed by atoms with Crippen LogP contribution in [0.3, 0.4) is 0 Å². The molecule has 0 aliphatic carbocycles. The molecule has 1 heterocycles. The van der Waals surface area contributed by atoms with Gasteiger partial charge in [0, 0.05) is 6.42 Å². The minimum Gasteiger partial charge on any atom is -0.481 e. The third-order valence-electron chi connectivity index (χ3n) is 2.87. The second kappa shape index (κ2) is 6.00. The molecule has 4 heteroatoms. The number of benzene rings is 1. The number of carboxylic acids is 1. The van der Waals surface area contributed by atoms with Gasteiger partial charge in [0.1, 0.15) is 0 Å². The highest BCUT2D eigenvalue weighted by Gasteiger charge is 2.07. The molecule has 0 aliphatic rings. The molecule has 2 rings (SSSR count). The van der Waals surface area contributed by atoms with Gasteiger partial charge in [-0.05, 0) is 30.4 Å². The van der Waals surface area contributed by atoms with Gasteiger partial charge in [-0.15, -0.1) is 0 Å². The van der Waals surface area contributed by atoms with Crippen molar-refractivity contribution in [1.82, 2.24) is 10.2 Å². The maximum absolute atomic E-state index is 10.4.